The van der Waals surface area contributed by atoms with Crippen molar-refractivity contribution in [1.29, 1.82) is 0 Å². The zero-order valence-corrected chi connectivity index (χ0v) is 10.4. The van der Waals surface area contributed by atoms with Crippen LogP contribution in [0, 0.1) is 0 Å². The molecule has 1 unspecified atom stereocenters. The fourth-order valence-electron chi connectivity index (χ4n) is 2.05. The molecule has 0 spiro atoms. The molecule has 2 fully saturated rings. The largest absolute Gasteiger partial charge is 0.375 e. The maximum absolute atomic E-state index is 12.1. The van der Waals surface area contributed by atoms with Gasteiger partial charge >= 0.3 is 0 Å². The van der Waals surface area contributed by atoms with E-state index < -0.39 is 0 Å². The van der Waals surface area contributed by atoms with Crippen LogP contribution in [0.2, 0.25) is 0 Å². The molecular weight excluding hydrogens is 246 g/mol. The van der Waals surface area contributed by atoms with Crippen molar-refractivity contribution in [2.75, 3.05) is 13.2 Å². The number of nitrogens with zero attached hydrogens (tertiary/aromatic N) is 1. The first-order valence-corrected chi connectivity index (χ1v) is 6.31. The normalized spacial score (nSPS) is 22.5. The summed E-state index contributed by atoms with van der Waals surface area (Å²) in [6.07, 6.45) is 2.03. The minimum Gasteiger partial charge on any atom is -0.375 e. The second-order valence-corrected chi connectivity index (χ2v) is 4.99. The van der Waals surface area contributed by atoms with Crippen LogP contribution in [0.4, 0.5) is 0 Å². The molecule has 2 heterocycles. The van der Waals surface area contributed by atoms with Gasteiger partial charge in [-0.3, -0.25) is 9.59 Å². The molecule has 1 atom stereocenters. The number of hydrogen-bond acceptors (Lipinski definition) is 4. The maximum atomic E-state index is 12.1. The first-order chi connectivity index (χ1) is 9.13. The lowest BCUT2D eigenvalue weighted by Gasteiger charge is -2.11. The van der Waals surface area contributed by atoms with Crippen LogP contribution >= 0.6 is 0 Å². The van der Waals surface area contributed by atoms with Crippen LogP contribution in [-0.4, -0.2) is 35.1 Å². The smallest absolute Gasteiger partial charge is 0.270 e. The van der Waals surface area contributed by atoms with Crippen LogP contribution in [0.3, 0.4) is 0 Å². The first kappa shape index (κ1) is 12.1. The number of amides is 1. The Morgan fingerprint density at radius 1 is 1.53 bits per heavy atom. The van der Waals surface area contributed by atoms with E-state index >= 15 is 0 Å². The molecule has 2 aliphatic rings. The van der Waals surface area contributed by atoms with E-state index in [1.807, 2.05) is 0 Å². The maximum Gasteiger partial charge on any atom is 0.270 e. The van der Waals surface area contributed by atoms with Gasteiger partial charge < -0.3 is 15.0 Å². The highest BCUT2D eigenvalue weighted by molar-refractivity contribution is 5.92. The molecular formula is C13H15N3O3. The van der Waals surface area contributed by atoms with Gasteiger partial charge in [-0.15, -0.1) is 0 Å². The molecule has 19 heavy (non-hydrogen) atoms. The van der Waals surface area contributed by atoms with E-state index in [1.54, 1.807) is 0 Å². The van der Waals surface area contributed by atoms with Crippen LogP contribution in [0.25, 0.3) is 0 Å². The third-order valence-electron chi connectivity index (χ3n) is 3.33. The Labute approximate surface area is 109 Å². The lowest BCUT2D eigenvalue weighted by atomic mass is 10.2. The molecule has 3 rings (SSSR count). The lowest BCUT2D eigenvalue weighted by molar-refractivity contribution is 0.0926. The van der Waals surface area contributed by atoms with E-state index in [0.29, 0.717) is 25.0 Å². The van der Waals surface area contributed by atoms with Crippen molar-refractivity contribution in [3.8, 4) is 0 Å². The predicted molar refractivity (Wildman–Crippen MR) is 68.0 cm³/mol. The summed E-state index contributed by atoms with van der Waals surface area (Å²) < 4.78 is 5.20. The van der Waals surface area contributed by atoms with Gasteiger partial charge in [-0.05, 0) is 18.4 Å². The predicted octanol–water partition coefficient (Wildman–Crippen LogP) is 0.332. The van der Waals surface area contributed by atoms with Gasteiger partial charge in [0.15, 0.2) is 0 Å². The van der Waals surface area contributed by atoms with Crippen LogP contribution in [0.5, 0.6) is 0 Å². The highest BCUT2D eigenvalue weighted by Gasteiger charge is 2.28. The molecule has 1 saturated carbocycles. The Morgan fingerprint density at radius 2 is 2.32 bits per heavy atom. The molecule has 2 N–H and O–H groups in total. The monoisotopic (exact) mass is 261 g/mol. The summed E-state index contributed by atoms with van der Waals surface area (Å²) in [5.41, 5.74) is 0.703. The number of aromatic nitrogens is 2. The number of ether oxygens (including phenoxy) is 1. The average Bonchev–Trinajstić information content (AvgIpc) is 3.15. The van der Waals surface area contributed by atoms with E-state index in [-0.39, 0.29) is 23.2 Å². The Kier molecular flexibility index (Phi) is 2.94. The molecule has 1 aliphatic carbocycles. The minimum atomic E-state index is -0.357. The van der Waals surface area contributed by atoms with E-state index in [9.17, 15) is 9.59 Å². The fourth-order valence-corrected chi connectivity index (χ4v) is 2.05. The Hall–Kier alpha value is -1.95. The number of carbonyl (C=O) groups is 1. The molecule has 6 heteroatoms. The van der Waals surface area contributed by atoms with Gasteiger partial charge in [0, 0.05) is 12.0 Å². The third kappa shape index (κ3) is 2.58. The number of hydrogen-bond donors (Lipinski definition) is 2. The van der Waals surface area contributed by atoms with Crippen LogP contribution < -0.4 is 10.9 Å². The van der Waals surface area contributed by atoms with Gasteiger partial charge in [-0.2, -0.15) is 0 Å². The molecule has 1 aromatic rings. The number of aromatic amines is 1. The summed E-state index contributed by atoms with van der Waals surface area (Å²) in [5, 5.41) is 2.78. The van der Waals surface area contributed by atoms with E-state index in [0.717, 1.165) is 18.4 Å². The van der Waals surface area contributed by atoms with E-state index in [1.165, 1.54) is 6.07 Å². The highest BCUT2D eigenvalue weighted by atomic mass is 16.5. The van der Waals surface area contributed by atoms with Crippen molar-refractivity contribution in [3.05, 3.63) is 40.1 Å². The molecule has 0 radical (unpaired) electrons. The second kappa shape index (κ2) is 4.62. The summed E-state index contributed by atoms with van der Waals surface area (Å²) in [6.45, 7) is 4.71. The summed E-state index contributed by atoms with van der Waals surface area (Å²) in [7, 11) is 0. The zero-order chi connectivity index (χ0) is 13.4. The van der Waals surface area contributed by atoms with Gasteiger partial charge in [0.05, 0.1) is 19.3 Å². The molecule has 1 aromatic heterocycles. The average molecular weight is 261 g/mol. The fraction of sp³-hybridized carbons (Fsp3) is 0.462. The Morgan fingerprint density at radius 3 is 2.95 bits per heavy atom. The van der Waals surface area contributed by atoms with Crippen LogP contribution in [0.15, 0.2) is 23.0 Å². The highest BCUT2D eigenvalue weighted by Crippen LogP contribution is 2.37. The van der Waals surface area contributed by atoms with E-state index in [4.69, 9.17) is 4.74 Å². The summed E-state index contributed by atoms with van der Waals surface area (Å²) >= 11 is 0. The standard InChI is InChI=1S/C13H15N3O3/c1-7-5-19-6-10(7)15-13(18)9-4-11(17)16-12(14-9)8-2-3-8/h4,8,10H,1-3,5-6H2,(H,15,18)(H,14,16,17). The van der Waals surface area contributed by atoms with Crippen molar-refractivity contribution in [2.24, 2.45) is 0 Å². The van der Waals surface area contributed by atoms with E-state index in [2.05, 4.69) is 21.9 Å². The molecule has 0 bridgehead atoms. The van der Waals surface area contributed by atoms with Crippen LogP contribution in [-0.2, 0) is 4.74 Å². The Bertz CT molecular complexity index is 589. The third-order valence-corrected chi connectivity index (χ3v) is 3.33. The topological polar surface area (TPSA) is 84.1 Å². The summed E-state index contributed by atoms with van der Waals surface area (Å²) in [6, 6.07) is 1.03. The molecule has 1 aliphatic heterocycles. The van der Waals surface area contributed by atoms with Crippen molar-refractivity contribution in [2.45, 2.75) is 24.8 Å². The minimum absolute atomic E-state index is 0.158. The van der Waals surface area contributed by atoms with Gasteiger partial charge in [0.1, 0.15) is 11.5 Å². The van der Waals surface area contributed by atoms with Gasteiger partial charge in [-0.1, -0.05) is 6.58 Å². The molecule has 1 amide bonds. The number of carbonyl (C=O) groups excluding carboxylic acids is 1. The van der Waals surface area contributed by atoms with Crippen LogP contribution in [0.1, 0.15) is 35.1 Å². The molecule has 100 valence electrons. The molecule has 6 nitrogen and oxygen atoms in total. The van der Waals surface area contributed by atoms with Gasteiger partial charge in [-0.25, -0.2) is 4.98 Å². The molecule has 1 saturated heterocycles. The van der Waals surface area contributed by atoms with Crippen molar-refractivity contribution in [1.82, 2.24) is 15.3 Å². The van der Waals surface area contributed by atoms with Crippen molar-refractivity contribution < 1.29 is 9.53 Å². The summed E-state index contributed by atoms with van der Waals surface area (Å²) in [5.74, 6) is 0.550. The number of H-pyrrole nitrogens is 1. The zero-order valence-electron chi connectivity index (χ0n) is 10.4. The SMILES string of the molecule is C=C1COCC1NC(=O)c1cc(=O)[nH]c(C2CC2)n1. The van der Waals surface area contributed by atoms with Crippen molar-refractivity contribution >= 4 is 5.91 Å². The Balaban J connectivity index is 1.79. The molecule has 0 aromatic carbocycles. The quantitative estimate of drug-likeness (QED) is 0.768. The number of nitrogens with one attached hydrogen (secondary N) is 2. The second-order valence-electron chi connectivity index (χ2n) is 4.99. The van der Waals surface area contributed by atoms with Crippen molar-refractivity contribution in [3.63, 3.8) is 0 Å². The van der Waals surface area contributed by atoms with Gasteiger partial charge in [0.25, 0.3) is 11.5 Å². The van der Waals surface area contributed by atoms with Gasteiger partial charge in [0.2, 0.25) is 0 Å². The lowest BCUT2D eigenvalue weighted by Crippen LogP contribution is -2.37. The number of rotatable bonds is 3. The summed E-state index contributed by atoms with van der Waals surface area (Å²) in [4.78, 5) is 30.5. The first-order valence-electron chi connectivity index (χ1n) is 6.31.